The average Bonchev–Trinajstić information content (AvgIpc) is 3.11. The second-order valence-electron chi connectivity index (χ2n) is 16.6. The molecule has 2 nitrogen and oxygen atoms in total. The van der Waals surface area contributed by atoms with Crippen LogP contribution in [0.3, 0.4) is 0 Å². The van der Waals surface area contributed by atoms with Gasteiger partial charge < -0.3 is 11.1 Å². The highest BCUT2D eigenvalue weighted by molar-refractivity contribution is 4.99. The Kier molecular flexibility index (Phi) is 42.0. The Balaban J connectivity index is 3.12. The Morgan fingerprint density at radius 1 is 0.400 bits per heavy atom. The summed E-state index contributed by atoms with van der Waals surface area (Å²) in [6.45, 7) is 13.5. The number of hydrogen-bond acceptors (Lipinski definition) is 2. The van der Waals surface area contributed by atoms with Crippen molar-refractivity contribution in [3.8, 4) is 0 Å². The van der Waals surface area contributed by atoms with E-state index in [4.69, 9.17) is 5.73 Å². The molecule has 2 heteroatoms. The van der Waals surface area contributed by atoms with E-state index in [9.17, 15) is 0 Å². The summed E-state index contributed by atoms with van der Waals surface area (Å²) in [4.78, 5) is 0. The minimum absolute atomic E-state index is 0.163. The number of nitrogens with two attached hydrogens (primary N) is 1. The third-order valence-corrected chi connectivity index (χ3v) is 11.3. The smallest absolute Gasteiger partial charge is 0.0248 e. The lowest BCUT2D eigenvalue weighted by Gasteiger charge is -2.12. The maximum absolute atomic E-state index is 6.04. The topological polar surface area (TPSA) is 38.0 Å². The zero-order chi connectivity index (χ0) is 36.4. The van der Waals surface area contributed by atoms with Crippen molar-refractivity contribution in [3.05, 3.63) is 24.4 Å². The predicted molar refractivity (Wildman–Crippen MR) is 230 cm³/mol. The molecule has 1 atom stereocenters. The molecular formula is C48H96N2. The molecular weight excluding hydrogens is 605 g/mol. The normalized spacial score (nSPS) is 12.1. The molecule has 50 heavy (non-hydrogen) atoms. The molecule has 0 aromatic carbocycles. The van der Waals surface area contributed by atoms with E-state index in [2.05, 4.69) is 25.4 Å². The van der Waals surface area contributed by atoms with E-state index in [-0.39, 0.29) is 6.04 Å². The third-order valence-electron chi connectivity index (χ3n) is 11.3. The maximum Gasteiger partial charge on any atom is 0.0248 e. The van der Waals surface area contributed by atoms with Crippen LogP contribution in [0.15, 0.2) is 24.4 Å². The molecule has 0 aliphatic heterocycles. The van der Waals surface area contributed by atoms with Gasteiger partial charge in [0.15, 0.2) is 0 Å². The van der Waals surface area contributed by atoms with Crippen LogP contribution in [0.25, 0.3) is 0 Å². The number of hydrogen-bond donors (Lipinski definition) is 2. The number of rotatable bonds is 44. The first kappa shape index (κ1) is 49.2. The zero-order valence-corrected chi connectivity index (χ0v) is 35.1. The van der Waals surface area contributed by atoms with Gasteiger partial charge in [-0.1, -0.05) is 250 Å². The highest BCUT2D eigenvalue weighted by Crippen LogP contribution is 2.18. The summed E-state index contributed by atoms with van der Waals surface area (Å²) >= 11 is 0. The molecule has 0 bridgehead atoms. The maximum atomic E-state index is 6.04. The van der Waals surface area contributed by atoms with Gasteiger partial charge in [-0.15, -0.1) is 0 Å². The van der Waals surface area contributed by atoms with Crippen molar-refractivity contribution in [1.82, 2.24) is 5.32 Å². The molecule has 0 heterocycles. The lowest BCUT2D eigenvalue weighted by molar-refractivity contribution is 0.510. The van der Waals surface area contributed by atoms with E-state index in [0.29, 0.717) is 0 Å². The predicted octanol–water partition coefficient (Wildman–Crippen LogP) is 16.6. The van der Waals surface area contributed by atoms with Crippen molar-refractivity contribution in [2.75, 3.05) is 6.54 Å². The molecule has 1 unspecified atom stereocenters. The standard InChI is InChI=1S/C48H96N2/c1-5-6-7-8-9-10-11-12-13-14-15-16-17-18-19-20-21-22-23-24-25-26-27-28-29-30-31-32-33-34-35-36-37-38-39-40-43-47(4)50-45-42-41-44-48(49)46(2)3/h48,50H,2,4-45,49H2,1,3H3. The van der Waals surface area contributed by atoms with Crippen molar-refractivity contribution in [3.63, 3.8) is 0 Å². The van der Waals surface area contributed by atoms with Gasteiger partial charge in [-0.3, -0.25) is 0 Å². The van der Waals surface area contributed by atoms with E-state index < -0.39 is 0 Å². The third kappa shape index (κ3) is 41.7. The molecule has 0 saturated heterocycles. The average molecular weight is 701 g/mol. The lowest BCUT2D eigenvalue weighted by atomic mass is 10.0. The van der Waals surface area contributed by atoms with Gasteiger partial charge in [0.1, 0.15) is 0 Å². The van der Waals surface area contributed by atoms with Gasteiger partial charge in [-0.2, -0.15) is 0 Å². The van der Waals surface area contributed by atoms with Crippen LogP contribution in [0.5, 0.6) is 0 Å². The van der Waals surface area contributed by atoms with Gasteiger partial charge >= 0.3 is 0 Å². The second-order valence-corrected chi connectivity index (χ2v) is 16.6. The molecule has 0 aliphatic rings. The molecule has 0 amide bonds. The van der Waals surface area contributed by atoms with Crippen LogP contribution in [0.2, 0.25) is 0 Å². The molecule has 0 rings (SSSR count). The molecule has 3 N–H and O–H groups in total. The minimum atomic E-state index is 0.163. The van der Waals surface area contributed by atoms with Crippen LogP contribution < -0.4 is 11.1 Å². The number of unbranched alkanes of at least 4 members (excludes halogenated alkanes) is 36. The van der Waals surface area contributed by atoms with Gasteiger partial charge in [0.25, 0.3) is 0 Å². The monoisotopic (exact) mass is 701 g/mol. The van der Waals surface area contributed by atoms with Crippen LogP contribution in [0.4, 0.5) is 0 Å². The summed E-state index contributed by atoms with van der Waals surface area (Å²) in [6.07, 6.45) is 57.1. The van der Waals surface area contributed by atoms with Crippen molar-refractivity contribution in [2.45, 2.75) is 277 Å². The quantitative estimate of drug-likeness (QED) is 0.0490. The van der Waals surface area contributed by atoms with Crippen molar-refractivity contribution in [1.29, 1.82) is 0 Å². The molecule has 298 valence electrons. The largest absolute Gasteiger partial charge is 0.389 e. The fourth-order valence-corrected chi connectivity index (χ4v) is 7.51. The van der Waals surface area contributed by atoms with Gasteiger partial charge in [0.05, 0.1) is 0 Å². The van der Waals surface area contributed by atoms with Crippen LogP contribution in [0, 0.1) is 0 Å². The molecule has 0 spiro atoms. The van der Waals surface area contributed by atoms with E-state index in [1.165, 1.54) is 243 Å². The Hall–Kier alpha value is -0.760. The summed E-state index contributed by atoms with van der Waals surface area (Å²) in [5.74, 6) is 0. The zero-order valence-electron chi connectivity index (χ0n) is 35.1. The highest BCUT2D eigenvalue weighted by Gasteiger charge is 2.02. The summed E-state index contributed by atoms with van der Waals surface area (Å²) in [6, 6.07) is 0.163. The van der Waals surface area contributed by atoms with Gasteiger partial charge in [0.2, 0.25) is 0 Å². The van der Waals surface area contributed by atoms with Crippen LogP contribution in [-0.4, -0.2) is 12.6 Å². The Morgan fingerprint density at radius 3 is 0.920 bits per heavy atom. The van der Waals surface area contributed by atoms with Crippen LogP contribution in [-0.2, 0) is 0 Å². The number of allylic oxidation sites excluding steroid dienone is 1. The minimum Gasteiger partial charge on any atom is -0.389 e. The summed E-state index contributed by atoms with van der Waals surface area (Å²) in [5.41, 5.74) is 8.35. The van der Waals surface area contributed by atoms with Crippen LogP contribution in [0.1, 0.15) is 271 Å². The van der Waals surface area contributed by atoms with Gasteiger partial charge in [-0.05, 0) is 39.0 Å². The van der Waals surface area contributed by atoms with Crippen LogP contribution >= 0.6 is 0 Å². The molecule has 0 aliphatic carbocycles. The summed E-state index contributed by atoms with van der Waals surface area (Å²) < 4.78 is 0. The van der Waals surface area contributed by atoms with E-state index in [1.807, 2.05) is 6.92 Å². The fraction of sp³-hybridized carbons (Fsp3) is 0.917. The second kappa shape index (κ2) is 42.7. The number of nitrogens with one attached hydrogen (secondary N) is 1. The Morgan fingerprint density at radius 2 is 0.660 bits per heavy atom. The molecule has 0 aromatic heterocycles. The molecule has 0 saturated carbocycles. The van der Waals surface area contributed by atoms with Crippen molar-refractivity contribution >= 4 is 0 Å². The SMILES string of the molecule is C=C(CCCCCCCCCCCCCCCCCCCCCCCCCCCCCCCCCCCCCC)NCCCCC(N)C(=C)C. The molecule has 0 radical (unpaired) electrons. The van der Waals surface area contributed by atoms with E-state index in [1.54, 1.807) is 0 Å². The van der Waals surface area contributed by atoms with Gasteiger partial charge in [0, 0.05) is 18.3 Å². The lowest BCUT2D eigenvalue weighted by Crippen LogP contribution is -2.21. The Bertz CT molecular complexity index is 669. The van der Waals surface area contributed by atoms with Crippen molar-refractivity contribution in [2.24, 2.45) is 5.73 Å². The first-order valence-electron chi connectivity index (χ1n) is 23.4. The summed E-state index contributed by atoms with van der Waals surface area (Å²) in [5, 5.41) is 3.51. The van der Waals surface area contributed by atoms with E-state index >= 15 is 0 Å². The summed E-state index contributed by atoms with van der Waals surface area (Å²) in [7, 11) is 0. The van der Waals surface area contributed by atoms with E-state index in [0.717, 1.165) is 31.4 Å². The Labute approximate surface area is 317 Å². The van der Waals surface area contributed by atoms with Crippen molar-refractivity contribution < 1.29 is 0 Å². The first-order chi connectivity index (χ1) is 24.6. The highest BCUT2D eigenvalue weighted by atomic mass is 14.9. The molecule has 0 aromatic rings. The fourth-order valence-electron chi connectivity index (χ4n) is 7.51. The van der Waals surface area contributed by atoms with Gasteiger partial charge in [-0.25, -0.2) is 0 Å². The first-order valence-corrected chi connectivity index (χ1v) is 23.4. The molecule has 0 fully saturated rings.